The van der Waals surface area contributed by atoms with E-state index in [4.69, 9.17) is 21.1 Å². The Hall–Kier alpha value is -2.73. The van der Waals surface area contributed by atoms with Crippen LogP contribution in [0.15, 0.2) is 30.5 Å². The second-order valence-electron chi connectivity index (χ2n) is 6.09. The van der Waals surface area contributed by atoms with E-state index in [1.807, 2.05) is 0 Å². The summed E-state index contributed by atoms with van der Waals surface area (Å²) < 4.78 is 10.4. The molecule has 0 spiro atoms. The number of halogens is 1. The average Bonchev–Trinajstić information content (AvgIpc) is 3.13. The van der Waals surface area contributed by atoms with Gasteiger partial charge in [-0.05, 0) is 61.6 Å². The third-order valence-electron chi connectivity index (χ3n) is 4.21. The van der Waals surface area contributed by atoms with Crippen LogP contribution in [0.4, 0.5) is 0 Å². The molecule has 0 saturated heterocycles. The number of allylic oxidation sites excluding steroid dienone is 2. The Bertz CT molecular complexity index is 924. The van der Waals surface area contributed by atoms with Crippen molar-refractivity contribution in [3.8, 4) is 5.75 Å². The molecule has 0 amide bonds. The minimum Gasteiger partial charge on any atom is -0.462 e. The van der Waals surface area contributed by atoms with Crippen molar-refractivity contribution in [3.63, 3.8) is 0 Å². The van der Waals surface area contributed by atoms with Crippen molar-refractivity contribution < 1.29 is 19.1 Å². The zero-order valence-electron chi connectivity index (χ0n) is 15.1. The number of rotatable bonds is 5. The van der Waals surface area contributed by atoms with Gasteiger partial charge in [0, 0.05) is 17.5 Å². The first kappa shape index (κ1) is 19.0. The molecular formula is C20H19ClN2O4. The molecule has 0 bridgehead atoms. The van der Waals surface area contributed by atoms with Gasteiger partial charge in [0.2, 0.25) is 0 Å². The summed E-state index contributed by atoms with van der Waals surface area (Å²) in [7, 11) is 0. The zero-order valence-corrected chi connectivity index (χ0v) is 15.9. The van der Waals surface area contributed by atoms with Gasteiger partial charge in [-0.1, -0.05) is 11.6 Å². The van der Waals surface area contributed by atoms with Crippen molar-refractivity contribution in [1.82, 2.24) is 10.2 Å². The SMILES string of the molecule is CCOC(=O)c1cnnc(C2=C(c3cc(Cl)ccc3OC(C)=O)CCC2)c1. The molecule has 0 aliphatic heterocycles. The Morgan fingerprint density at radius 1 is 1.19 bits per heavy atom. The maximum atomic E-state index is 12.0. The van der Waals surface area contributed by atoms with Gasteiger partial charge in [0.15, 0.2) is 0 Å². The van der Waals surface area contributed by atoms with Gasteiger partial charge in [0.1, 0.15) is 5.75 Å². The molecule has 140 valence electrons. The highest BCUT2D eigenvalue weighted by molar-refractivity contribution is 6.30. The lowest BCUT2D eigenvalue weighted by atomic mass is 9.98. The van der Waals surface area contributed by atoms with Gasteiger partial charge in [-0.25, -0.2) is 4.79 Å². The fraction of sp³-hybridized carbons (Fsp3) is 0.300. The monoisotopic (exact) mass is 386 g/mol. The zero-order chi connectivity index (χ0) is 19.4. The fourth-order valence-corrected chi connectivity index (χ4v) is 3.32. The first-order valence-electron chi connectivity index (χ1n) is 8.70. The van der Waals surface area contributed by atoms with Crippen LogP contribution in [0.3, 0.4) is 0 Å². The molecular weight excluding hydrogens is 368 g/mol. The van der Waals surface area contributed by atoms with E-state index in [-0.39, 0.29) is 0 Å². The third kappa shape index (κ3) is 4.34. The Labute approximate surface area is 162 Å². The Morgan fingerprint density at radius 2 is 1.96 bits per heavy atom. The van der Waals surface area contributed by atoms with E-state index in [9.17, 15) is 9.59 Å². The normalized spacial score (nSPS) is 13.6. The molecule has 3 rings (SSSR count). The molecule has 0 radical (unpaired) electrons. The van der Waals surface area contributed by atoms with E-state index in [2.05, 4.69) is 10.2 Å². The average molecular weight is 387 g/mol. The number of esters is 2. The summed E-state index contributed by atoms with van der Waals surface area (Å²) in [6, 6.07) is 6.83. The third-order valence-corrected chi connectivity index (χ3v) is 4.45. The molecule has 1 aromatic heterocycles. The van der Waals surface area contributed by atoms with Gasteiger partial charge in [0.25, 0.3) is 0 Å². The van der Waals surface area contributed by atoms with Crippen LogP contribution >= 0.6 is 11.6 Å². The molecule has 1 aromatic carbocycles. The summed E-state index contributed by atoms with van der Waals surface area (Å²) in [5, 5.41) is 8.70. The van der Waals surface area contributed by atoms with Crippen LogP contribution in [0.2, 0.25) is 5.02 Å². The maximum absolute atomic E-state index is 12.0. The molecule has 27 heavy (non-hydrogen) atoms. The number of aromatic nitrogens is 2. The van der Waals surface area contributed by atoms with E-state index in [0.717, 1.165) is 36.0 Å². The Kier molecular flexibility index (Phi) is 5.86. The van der Waals surface area contributed by atoms with E-state index in [0.29, 0.717) is 28.6 Å². The summed E-state index contributed by atoms with van der Waals surface area (Å²) in [4.78, 5) is 23.5. The number of carbonyl (C=O) groups is 2. The predicted molar refractivity (Wildman–Crippen MR) is 101 cm³/mol. The highest BCUT2D eigenvalue weighted by Crippen LogP contribution is 2.43. The minimum atomic E-state index is -0.433. The molecule has 1 aliphatic carbocycles. The molecule has 1 heterocycles. The molecule has 0 unspecified atom stereocenters. The van der Waals surface area contributed by atoms with Gasteiger partial charge < -0.3 is 9.47 Å². The second kappa shape index (κ2) is 8.31. The number of carbonyl (C=O) groups excluding carboxylic acids is 2. The van der Waals surface area contributed by atoms with Crippen LogP contribution in [-0.2, 0) is 9.53 Å². The van der Waals surface area contributed by atoms with Crippen molar-refractivity contribution in [2.24, 2.45) is 0 Å². The highest BCUT2D eigenvalue weighted by atomic mass is 35.5. The van der Waals surface area contributed by atoms with Crippen LogP contribution in [0.5, 0.6) is 5.75 Å². The van der Waals surface area contributed by atoms with E-state index >= 15 is 0 Å². The molecule has 6 nitrogen and oxygen atoms in total. The summed E-state index contributed by atoms with van der Waals surface area (Å²) >= 11 is 6.17. The number of nitrogens with zero attached hydrogens (tertiary/aromatic N) is 2. The van der Waals surface area contributed by atoms with Crippen molar-refractivity contribution in [2.45, 2.75) is 33.1 Å². The summed E-state index contributed by atoms with van der Waals surface area (Å²) in [5.41, 5.74) is 3.68. The topological polar surface area (TPSA) is 78.4 Å². The number of benzene rings is 1. The number of hydrogen-bond acceptors (Lipinski definition) is 6. The number of hydrogen-bond donors (Lipinski definition) is 0. The lowest BCUT2D eigenvalue weighted by Gasteiger charge is -2.13. The smallest absolute Gasteiger partial charge is 0.339 e. The molecule has 2 aromatic rings. The molecule has 0 saturated carbocycles. The molecule has 7 heteroatoms. The highest BCUT2D eigenvalue weighted by Gasteiger charge is 2.23. The van der Waals surface area contributed by atoms with Gasteiger partial charge in [0.05, 0.1) is 24.1 Å². The predicted octanol–water partition coefficient (Wildman–Crippen LogP) is 4.33. The van der Waals surface area contributed by atoms with Crippen LogP contribution in [-0.4, -0.2) is 28.7 Å². The largest absolute Gasteiger partial charge is 0.462 e. The maximum Gasteiger partial charge on any atom is 0.339 e. The van der Waals surface area contributed by atoms with Gasteiger partial charge in [-0.3, -0.25) is 4.79 Å². The fourth-order valence-electron chi connectivity index (χ4n) is 3.15. The lowest BCUT2D eigenvalue weighted by molar-refractivity contribution is -0.131. The first-order chi connectivity index (χ1) is 13.0. The lowest BCUT2D eigenvalue weighted by Crippen LogP contribution is -2.07. The molecule has 0 fully saturated rings. The minimum absolute atomic E-state index is 0.290. The molecule has 1 aliphatic rings. The van der Waals surface area contributed by atoms with Crippen LogP contribution in [0.25, 0.3) is 11.1 Å². The van der Waals surface area contributed by atoms with Gasteiger partial charge in [-0.15, -0.1) is 0 Å². The summed E-state index contributed by atoms with van der Waals surface area (Å²) in [5.74, 6) is -0.379. The van der Waals surface area contributed by atoms with Crippen LogP contribution < -0.4 is 4.74 Å². The van der Waals surface area contributed by atoms with E-state index in [1.165, 1.54) is 13.1 Å². The summed E-state index contributed by atoms with van der Waals surface area (Å²) in [6.45, 7) is 3.40. The van der Waals surface area contributed by atoms with Crippen LogP contribution in [0.1, 0.15) is 54.7 Å². The van der Waals surface area contributed by atoms with Crippen molar-refractivity contribution in [3.05, 3.63) is 52.3 Å². The van der Waals surface area contributed by atoms with E-state index < -0.39 is 11.9 Å². The summed E-state index contributed by atoms with van der Waals surface area (Å²) in [6.07, 6.45) is 3.87. The Morgan fingerprint density at radius 3 is 2.70 bits per heavy atom. The quantitative estimate of drug-likeness (QED) is 0.562. The Balaban J connectivity index is 2.07. The van der Waals surface area contributed by atoms with Crippen molar-refractivity contribution in [2.75, 3.05) is 6.61 Å². The van der Waals surface area contributed by atoms with Gasteiger partial charge in [-0.2, -0.15) is 10.2 Å². The van der Waals surface area contributed by atoms with E-state index in [1.54, 1.807) is 31.2 Å². The van der Waals surface area contributed by atoms with Crippen molar-refractivity contribution >= 4 is 34.7 Å². The molecule has 0 atom stereocenters. The van der Waals surface area contributed by atoms with Gasteiger partial charge >= 0.3 is 11.9 Å². The van der Waals surface area contributed by atoms with Crippen molar-refractivity contribution in [1.29, 1.82) is 0 Å². The van der Waals surface area contributed by atoms with Crippen LogP contribution in [0, 0.1) is 0 Å². The first-order valence-corrected chi connectivity index (χ1v) is 9.08. The molecule has 0 N–H and O–H groups in total. The second-order valence-corrected chi connectivity index (χ2v) is 6.53. The number of ether oxygens (including phenoxy) is 2. The standard InChI is InChI=1S/C20H19ClN2O4/c1-3-26-20(25)13-9-18(23-22-11-13)16-6-4-5-15(16)17-10-14(21)7-8-19(17)27-12(2)24/h7-11H,3-6H2,1-2H3.